The van der Waals surface area contributed by atoms with Crippen LogP contribution in [0.25, 0.3) is 0 Å². The van der Waals surface area contributed by atoms with Crippen LogP contribution in [0.4, 0.5) is 18.0 Å². The fourth-order valence-electron chi connectivity index (χ4n) is 5.00. The van der Waals surface area contributed by atoms with Crippen molar-refractivity contribution < 1.29 is 22.7 Å². The number of carbonyl (C=O) groups excluding carboxylic acids is 1. The van der Waals surface area contributed by atoms with Gasteiger partial charge in [-0.2, -0.15) is 13.2 Å². The van der Waals surface area contributed by atoms with E-state index in [-0.39, 0.29) is 18.6 Å². The highest BCUT2D eigenvalue weighted by atomic mass is 19.4. The van der Waals surface area contributed by atoms with E-state index in [1.807, 2.05) is 6.92 Å². The Labute approximate surface area is 159 Å². The third kappa shape index (κ3) is 5.08. The van der Waals surface area contributed by atoms with Crippen molar-refractivity contribution in [3.8, 4) is 0 Å². The number of likely N-dealkylation sites (tertiary alicyclic amines) is 3. The van der Waals surface area contributed by atoms with Gasteiger partial charge < -0.3 is 14.5 Å². The second kappa shape index (κ2) is 8.99. The topological polar surface area (TPSA) is 36.0 Å². The molecule has 3 rings (SSSR count). The molecule has 27 heavy (non-hydrogen) atoms. The maximum absolute atomic E-state index is 13.2. The molecule has 3 aliphatic rings. The first-order valence-electron chi connectivity index (χ1n) is 10.4. The van der Waals surface area contributed by atoms with E-state index >= 15 is 0 Å². The first-order chi connectivity index (χ1) is 12.9. The molecule has 0 aliphatic carbocycles. The van der Waals surface area contributed by atoms with Crippen molar-refractivity contribution >= 4 is 6.09 Å². The number of ether oxygens (including phenoxy) is 1. The van der Waals surface area contributed by atoms with Crippen LogP contribution < -0.4 is 0 Å². The lowest BCUT2D eigenvalue weighted by Crippen LogP contribution is -2.52. The quantitative estimate of drug-likeness (QED) is 0.738. The van der Waals surface area contributed by atoms with E-state index in [0.29, 0.717) is 32.2 Å². The minimum atomic E-state index is -4.11. The predicted octanol–water partition coefficient (Wildman–Crippen LogP) is 3.49. The summed E-state index contributed by atoms with van der Waals surface area (Å²) < 4.78 is 44.8. The normalized spacial score (nSPS) is 29.7. The van der Waals surface area contributed by atoms with Gasteiger partial charge >= 0.3 is 12.3 Å². The van der Waals surface area contributed by atoms with Crippen LogP contribution in [0.2, 0.25) is 0 Å². The first kappa shape index (κ1) is 20.7. The molecular weight excluding hydrogens is 359 g/mol. The van der Waals surface area contributed by atoms with Crippen LogP contribution in [-0.2, 0) is 4.74 Å². The Morgan fingerprint density at radius 3 is 2.26 bits per heavy atom. The predicted molar refractivity (Wildman–Crippen MR) is 96.6 cm³/mol. The molecule has 3 fully saturated rings. The Morgan fingerprint density at radius 2 is 1.59 bits per heavy atom. The van der Waals surface area contributed by atoms with Crippen LogP contribution in [0.1, 0.15) is 51.9 Å². The summed E-state index contributed by atoms with van der Waals surface area (Å²) in [7, 11) is 0. The smallest absolute Gasteiger partial charge is 0.409 e. The van der Waals surface area contributed by atoms with Crippen LogP contribution >= 0.6 is 0 Å². The second-order valence-electron chi connectivity index (χ2n) is 7.98. The number of hydrogen-bond acceptors (Lipinski definition) is 4. The molecule has 0 saturated carbocycles. The van der Waals surface area contributed by atoms with E-state index < -0.39 is 12.2 Å². The fraction of sp³-hybridized carbons (Fsp3) is 0.947. The van der Waals surface area contributed by atoms with Gasteiger partial charge in [-0.3, -0.25) is 4.90 Å². The highest BCUT2D eigenvalue weighted by Crippen LogP contribution is 2.36. The summed E-state index contributed by atoms with van der Waals surface area (Å²) in [5.74, 6) is 0. The lowest BCUT2D eigenvalue weighted by atomic mass is 9.98. The third-order valence-electron chi connectivity index (χ3n) is 6.38. The van der Waals surface area contributed by atoms with Gasteiger partial charge in [-0.15, -0.1) is 0 Å². The Morgan fingerprint density at radius 1 is 0.926 bits per heavy atom. The summed E-state index contributed by atoms with van der Waals surface area (Å²) in [5, 5.41) is 0. The maximum atomic E-state index is 13.2. The fourth-order valence-corrected chi connectivity index (χ4v) is 5.00. The van der Waals surface area contributed by atoms with Gasteiger partial charge in [-0.05, 0) is 71.5 Å². The molecule has 5 nitrogen and oxygen atoms in total. The van der Waals surface area contributed by atoms with E-state index in [0.717, 1.165) is 51.7 Å². The van der Waals surface area contributed by atoms with Crippen LogP contribution in [-0.4, -0.2) is 84.4 Å². The number of rotatable bonds is 3. The average molecular weight is 391 g/mol. The number of nitrogens with zero attached hydrogens (tertiary/aromatic N) is 3. The van der Waals surface area contributed by atoms with Gasteiger partial charge in [-0.25, -0.2) is 4.79 Å². The molecule has 0 radical (unpaired) electrons. The lowest BCUT2D eigenvalue weighted by Gasteiger charge is -2.42. The zero-order chi connectivity index (χ0) is 19.4. The van der Waals surface area contributed by atoms with Gasteiger partial charge in [0, 0.05) is 25.2 Å². The summed E-state index contributed by atoms with van der Waals surface area (Å²) in [6, 6.07) is -0.774. The monoisotopic (exact) mass is 391 g/mol. The maximum Gasteiger partial charge on any atom is 0.409 e. The summed E-state index contributed by atoms with van der Waals surface area (Å²) >= 11 is 0. The molecule has 3 aliphatic heterocycles. The van der Waals surface area contributed by atoms with Crippen molar-refractivity contribution in [3.63, 3.8) is 0 Å². The van der Waals surface area contributed by atoms with E-state index in [1.165, 1.54) is 0 Å². The largest absolute Gasteiger partial charge is 0.450 e. The van der Waals surface area contributed by atoms with Gasteiger partial charge in [0.2, 0.25) is 0 Å². The number of hydrogen-bond donors (Lipinski definition) is 0. The molecule has 0 aromatic heterocycles. The third-order valence-corrected chi connectivity index (χ3v) is 6.38. The molecule has 3 heterocycles. The van der Waals surface area contributed by atoms with Gasteiger partial charge in [0.1, 0.15) is 6.04 Å². The minimum absolute atomic E-state index is 0.0529. The second-order valence-corrected chi connectivity index (χ2v) is 7.98. The molecule has 2 atom stereocenters. The standard InChI is InChI=1S/C19H32F3N3O2/c1-2-27-18(26)24-10-3-5-15(7-14-24)23-12-8-16(9-13-23)25-11-4-6-17(25)19(20,21)22/h15-17H,2-14H2,1H3. The Bertz CT molecular complexity index is 495. The first-order valence-corrected chi connectivity index (χ1v) is 10.4. The van der Waals surface area contributed by atoms with Crippen LogP contribution in [0, 0.1) is 0 Å². The van der Waals surface area contributed by atoms with Gasteiger partial charge in [0.15, 0.2) is 0 Å². The highest BCUT2D eigenvalue weighted by molar-refractivity contribution is 5.67. The van der Waals surface area contributed by atoms with Crippen LogP contribution in [0.3, 0.4) is 0 Å². The number of piperidine rings is 1. The average Bonchev–Trinajstić information content (AvgIpc) is 3.01. The van der Waals surface area contributed by atoms with Gasteiger partial charge in [0.25, 0.3) is 0 Å². The highest BCUT2D eigenvalue weighted by Gasteiger charge is 2.48. The van der Waals surface area contributed by atoms with Crippen molar-refractivity contribution in [2.45, 2.75) is 76.2 Å². The number of halogens is 3. The van der Waals surface area contributed by atoms with Crippen molar-refractivity contribution in [3.05, 3.63) is 0 Å². The van der Waals surface area contributed by atoms with Crippen molar-refractivity contribution in [1.29, 1.82) is 0 Å². The van der Waals surface area contributed by atoms with Gasteiger partial charge in [-0.1, -0.05) is 0 Å². The molecule has 3 saturated heterocycles. The number of amides is 1. The number of alkyl halides is 3. The molecule has 2 unspecified atom stereocenters. The van der Waals surface area contributed by atoms with Gasteiger partial charge in [0.05, 0.1) is 6.61 Å². The Hall–Kier alpha value is -1.02. The molecule has 0 aromatic rings. The zero-order valence-corrected chi connectivity index (χ0v) is 16.2. The molecule has 8 heteroatoms. The molecule has 0 aromatic carbocycles. The molecule has 1 amide bonds. The van der Waals surface area contributed by atoms with Crippen molar-refractivity contribution in [1.82, 2.24) is 14.7 Å². The van der Waals surface area contributed by atoms with Crippen molar-refractivity contribution in [2.75, 3.05) is 39.3 Å². The Kier molecular flexibility index (Phi) is 6.89. The zero-order valence-electron chi connectivity index (χ0n) is 16.2. The van der Waals surface area contributed by atoms with E-state index in [4.69, 9.17) is 4.74 Å². The summed E-state index contributed by atoms with van der Waals surface area (Å²) in [5.41, 5.74) is 0. The van der Waals surface area contributed by atoms with E-state index in [1.54, 1.807) is 9.80 Å². The molecule has 0 bridgehead atoms. The Balaban J connectivity index is 1.48. The minimum Gasteiger partial charge on any atom is -0.450 e. The SMILES string of the molecule is CCOC(=O)N1CCCC(N2CCC(N3CCCC3C(F)(F)F)CC2)CC1. The lowest BCUT2D eigenvalue weighted by molar-refractivity contribution is -0.183. The molecule has 0 N–H and O–H groups in total. The summed E-state index contributed by atoms with van der Waals surface area (Å²) in [4.78, 5) is 17.9. The van der Waals surface area contributed by atoms with Crippen molar-refractivity contribution in [2.24, 2.45) is 0 Å². The molecular formula is C19H32F3N3O2. The summed E-state index contributed by atoms with van der Waals surface area (Å²) in [6.45, 7) is 5.92. The van der Waals surface area contributed by atoms with E-state index in [9.17, 15) is 18.0 Å². The van der Waals surface area contributed by atoms with Crippen LogP contribution in [0.15, 0.2) is 0 Å². The summed E-state index contributed by atoms with van der Waals surface area (Å²) in [6.07, 6.45) is 1.08. The number of carbonyl (C=O) groups is 1. The molecule has 156 valence electrons. The molecule has 0 spiro atoms. The van der Waals surface area contributed by atoms with Crippen LogP contribution in [0.5, 0.6) is 0 Å². The van der Waals surface area contributed by atoms with E-state index in [2.05, 4.69) is 4.90 Å².